The second-order valence-corrected chi connectivity index (χ2v) is 8.72. The van der Waals surface area contributed by atoms with Crippen LogP contribution in [0.25, 0.3) is 16.9 Å². The molecule has 8 heteroatoms. The fourth-order valence-corrected chi connectivity index (χ4v) is 4.19. The van der Waals surface area contributed by atoms with E-state index in [0.717, 1.165) is 21.6 Å². The molecule has 0 amide bonds. The third-order valence-electron chi connectivity index (χ3n) is 5.60. The van der Waals surface area contributed by atoms with Crippen LogP contribution in [0.5, 0.6) is 0 Å². The highest BCUT2D eigenvalue weighted by atomic mass is 32.2. The van der Waals surface area contributed by atoms with Gasteiger partial charge in [-0.2, -0.15) is 0 Å². The highest BCUT2D eigenvalue weighted by molar-refractivity contribution is 7.98. The van der Waals surface area contributed by atoms with E-state index in [0.29, 0.717) is 22.5 Å². The van der Waals surface area contributed by atoms with Gasteiger partial charge in [0.1, 0.15) is 0 Å². The summed E-state index contributed by atoms with van der Waals surface area (Å²) >= 11 is 1.61. The van der Waals surface area contributed by atoms with Crippen LogP contribution in [0.2, 0.25) is 0 Å². The third kappa shape index (κ3) is 4.67. The van der Waals surface area contributed by atoms with E-state index in [9.17, 15) is 9.59 Å². The van der Waals surface area contributed by atoms with Gasteiger partial charge in [-0.05, 0) is 48.6 Å². The third-order valence-corrected chi connectivity index (χ3v) is 6.34. The molecule has 0 radical (unpaired) electrons. The van der Waals surface area contributed by atoms with Crippen LogP contribution in [0.3, 0.4) is 0 Å². The van der Waals surface area contributed by atoms with Crippen LogP contribution in [0.15, 0.2) is 92.4 Å². The molecule has 0 spiro atoms. The van der Waals surface area contributed by atoms with E-state index in [-0.39, 0.29) is 12.3 Å². The second-order valence-electron chi connectivity index (χ2n) is 7.84. The first-order chi connectivity index (χ1) is 16.4. The Kier molecular flexibility index (Phi) is 6.70. The van der Waals surface area contributed by atoms with Crippen molar-refractivity contribution in [1.29, 1.82) is 0 Å². The minimum absolute atomic E-state index is 0.00646. The first-order valence-corrected chi connectivity index (χ1v) is 11.8. The number of aromatic amines is 1. The molecule has 0 aliphatic carbocycles. The summed E-state index contributed by atoms with van der Waals surface area (Å²) in [5, 5.41) is 11.9. The maximum atomic E-state index is 13.1. The van der Waals surface area contributed by atoms with Gasteiger partial charge in [-0.15, -0.1) is 11.8 Å². The maximum Gasteiger partial charge on any atom is 0.333 e. The Labute approximate surface area is 200 Å². The zero-order chi connectivity index (χ0) is 24.2. The quantitative estimate of drug-likeness (QED) is 0.129. The largest absolute Gasteiger partial charge is 0.409 e. The minimum Gasteiger partial charge on any atom is -0.409 e. The molecule has 0 bridgehead atoms. The Hall–Kier alpha value is -4.04. The monoisotopic (exact) mass is 472 g/mol. The van der Waals surface area contributed by atoms with Crippen LogP contribution in [0.4, 0.5) is 0 Å². The zero-order valence-electron chi connectivity index (χ0n) is 18.8. The first kappa shape index (κ1) is 23.1. The highest BCUT2D eigenvalue weighted by Crippen LogP contribution is 2.26. The molecule has 34 heavy (non-hydrogen) atoms. The van der Waals surface area contributed by atoms with Gasteiger partial charge in [0.2, 0.25) is 0 Å². The topological polar surface area (TPSA) is 113 Å². The van der Waals surface area contributed by atoms with E-state index in [1.807, 2.05) is 73.8 Å². The molecule has 0 aliphatic heterocycles. The van der Waals surface area contributed by atoms with Crippen LogP contribution >= 0.6 is 11.8 Å². The lowest BCUT2D eigenvalue weighted by atomic mass is 9.98. The van der Waals surface area contributed by atoms with Crippen molar-refractivity contribution in [3.8, 4) is 16.9 Å². The van der Waals surface area contributed by atoms with Gasteiger partial charge in [0.05, 0.1) is 11.4 Å². The van der Waals surface area contributed by atoms with E-state index in [1.165, 1.54) is 0 Å². The van der Waals surface area contributed by atoms with Gasteiger partial charge in [0, 0.05) is 22.4 Å². The molecule has 4 N–H and O–H groups in total. The van der Waals surface area contributed by atoms with Gasteiger partial charge in [0.25, 0.3) is 5.56 Å². The number of aryl methyl sites for hydroxylation is 1. The Morgan fingerprint density at radius 3 is 2.24 bits per heavy atom. The molecule has 4 rings (SSSR count). The number of nitrogens with one attached hydrogen (secondary N) is 1. The predicted molar refractivity (Wildman–Crippen MR) is 136 cm³/mol. The summed E-state index contributed by atoms with van der Waals surface area (Å²) in [6, 6.07) is 22.5. The lowest BCUT2D eigenvalue weighted by molar-refractivity contribution is 0.318. The number of nitrogens with zero attached hydrogens (tertiary/aromatic N) is 2. The normalized spacial score (nSPS) is 11.5. The molecule has 0 fully saturated rings. The highest BCUT2D eigenvalue weighted by Gasteiger charge is 2.19. The molecule has 0 aliphatic rings. The average Bonchev–Trinajstić information content (AvgIpc) is 2.86. The van der Waals surface area contributed by atoms with E-state index >= 15 is 0 Å². The molecule has 4 aromatic rings. The lowest BCUT2D eigenvalue weighted by Gasteiger charge is -2.17. The number of hydrogen-bond donors (Lipinski definition) is 3. The van der Waals surface area contributed by atoms with Gasteiger partial charge in [-0.25, -0.2) is 4.79 Å². The zero-order valence-corrected chi connectivity index (χ0v) is 19.6. The van der Waals surface area contributed by atoms with Crippen molar-refractivity contribution >= 4 is 17.6 Å². The number of H-pyrrole nitrogens is 1. The summed E-state index contributed by atoms with van der Waals surface area (Å²) < 4.78 is 1.55. The summed E-state index contributed by atoms with van der Waals surface area (Å²) in [7, 11) is 0. The number of nitrogens with two attached hydrogens (primary N) is 1. The van der Waals surface area contributed by atoms with Gasteiger partial charge in [-0.3, -0.25) is 14.3 Å². The number of hydrogen-bond acceptors (Lipinski definition) is 5. The lowest BCUT2D eigenvalue weighted by Crippen LogP contribution is -2.33. The van der Waals surface area contributed by atoms with Gasteiger partial charge in [-0.1, -0.05) is 59.3 Å². The number of amidine groups is 1. The molecule has 7 nitrogen and oxygen atoms in total. The standard InChI is InChI=1S/C26H24N4O3S/c1-16-3-7-18(8-4-16)23-22(15-17-5-9-19(10-6-17)24(27)29-33)25(31)28-26(32)30(23)20-11-13-21(34-2)14-12-20/h3-14,33H,15H2,1-2H3,(H2,27,29)(H,28,31,32). The number of oxime groups is 1. The van der Waals surface area contributed by atoms with Crippen molar-refractivity contribution in [3.05, 3.63) is 116 Å². The smallest absolute Gasteiger partial charge is 0.333 e. The van der Waals surface area contributed by atoms with Crippen LogP contribution in [-0.4, -0.2) is 26.8 Å². The van der Waals surface area contributed by atoms with E-state index in [4.69, 9.17) is 10.9 Å². The van der Waals surface area contributed by atoms with E-state index in [2.05, 4.69) is 10.1 Å². The Morgan fingerprint density at radius 2 is 1.65 bits per heavy atom. The fraction of sp³-hybridized carbons (Fsp3) is 0.115. The van der Waals surface area contributed by atoms with Crippen molar-refractivity contribution in [3.63, 3.8) is 0 Å². The van der Waals surface area contributed by atoms with Gasteiger partial charge < -0.3 is 10.9 Å². The Morgan fingerprint density at radius 1 is 1.00 bits per heavy atom. The molecule has 0 saturated heterocycles. The fourth-order valence-electron chi connectivity index (χ4n) is 3.78. The van der Waals surface area contributed by atoms with Gasteiger partial charge in [0.15, 0.2) is 5.84 Å². The summed E-state index contributed by atoms with van der Waals surface area (Å²) in [5.74, 6) is 0.00646. The molecule has 1 heterocycles. The molecule has 0 unspecified atom stereocenters. The summed E-state index contributed by atoms with van der Waals surface area (Å²) in [6.07, 6.45) is 2.28. The van der Waals surface area contributed by atoms with Crippen LogP contribution in [-0.2, 0) is 6.42 Å². The maximum absolute atomic E-state index is 13.1. The van der Waals surface area contributed by atoms with Crippen molar-refractivity contribution < 1.29 is 5.21 Å². The minimum atomic E-state index is -0.497. The molecule has 0 saturated carbocycles. The van der Waals surface area contributed by atoms with E-state index < -0.39 is 11.2 Å². The molecular weight excluding hydrogens is 448 g/mol. The summed E-state index contributed by atoms with van der Waals surface area (Å²) in [5.41, 5.74) is 9.67. The predicted octanol–water partition coefficient (Wildman–Crippen LogP) is 3.91. The Balaban J connectivity index is 1.92. The first-order valence-electron chi connectivity index (χ1n) is 10.6. The number of thioether (sulfide) groups is 1. The van der Waals surface area contributed by atoms with E-state index in [1.54, 1.807) is 28.5 Å². The Bertz CT molecular complexity index is 1450. The average molecular weight is 473 g/mol. The summed E-state index contributed by atoms with van der Waals surface area (Å²) in [4.78, 5) is 29.7. The van der Waals surface area contributed by atoms with Crippen LogP contribution in [0.1, 0.15) is 22.3 Å². The van der Waals surface area contributed by atoms with Gasteiger partial charge >= 0.3 is 5.69 Å². The molecule has 172 valence electrons. The second kappa shape index (κ2) is 9.84. The van der Waals surface area contributed by atoms with Crippen molar-refractivity contribution in [2.75, 3.05) is 6.26 Å². The van der Waals surface area contributed by atoms with Crippen molar-refractivity contribution in [1.82, 2.24) is 9.55 Å². The molecule has 1 aromatic heterocycles. The van der Waals surface area contributed by atoms with Crippen molar-refractivity contribution in [2.45, 2.75) is 18.2 Å². The van der Waals surface area contributed by atoms with Crippen LogP contribution < -0.4 is 17.0 Å². The van der Waals surface area contributed by atoms with Crippen molar-refractivity contribution in [2.24, 2.45) is 10.9 Å². The molecule has 3 aromatic carbocycles. The SMILES string of the molecule is CSc1ccc(-n2c(-c3ccc(C)cc3)c(Cc3ccc(C(N)=NO)cc3)c(=O)[nH]c2=O)cc1. The molecule has 0 atom stereocenters. The summed E-state index contributed by atoms with van der Waals surface area (Å²) in [6.45, 7) is 1.99. The number of aromatic nitrogens is 2. The molecular formula is C26H24N4O3S. The number of benzene rings is 3. The number of rotatable bonds is 6. The van der Waals surface area contributed by atoms with Crippen LogP contribution in [0, 0.1) is 6.92 Å².